The first-order valence-electron chi connectivity index (χ1n) is 9.53. The molecule has 0 unspecified atom stereocenters. The van der Waals surface area contributed by atoms with Crippen LogP contribution in [0.2, 0.25) is 0 Å². The van der Waals surface area contributed by atoms with E-state index in [-0.39, 0.29) is 28.7 Å². The van der Waals surface area contributed by atoms with E-state index in [1.54, 1.807) is 41.5 Å². The number of nitrogens with one attached hydrogen (secondary N) is 2. The van der Waals surface area contributed by atoms with Crippen molar-refractivity contribution in [3.8, 4) is 0 Å². The number of rotatable bonds is 7. The topological polar surface area (TPSA) is 120 Å². The van der Waals surface area contributed by atoms with Gasteiger partial charge in [0.2, 0.25) is 0 Å². The minimum absolute atomic E-state index is 0.0649. The van der Waals surface area contributed by atoms with Crippen LogP contribution in [0, 0.1) is 6.92 Å². The molecule has 1 aromatic heterocycles. The number of ether oxygens (including phenoxy) is 3. The molecule has 0 spiro atoms. The summed E-state index contributed by atoms with van der Waals surface area (Å²) in [4.78, 5) is 49.7. The molecule has 0 aliphatic heterocycles. The van der Waals surface area contributed by atoms with Crippen LogP contribution in [0.1, 0.15) is 74.1 Å². The van der Waals surface area contributed by atoms with Crippen molar-refractivity contribution in [2.24, 2.45) is 0 Å². The Hall–Kier alpha value is -2.62. The molecule has 0 saturated carbocycles. The van der Waals surface area contributed by atoms with Crippen molar-refractivity contribution in [1.29, 1.82) is 0 Å². The maximum Gasteiger partial charge on any atom is 0.348 e. The Bertz CT molecular complexity index is 822. The van der Waals surface area contributed by atoms with Crippen LogP contribution in [0.15, 0.2) is 0 Å². The van der Waals surface area contributed by atoms with Gasteiger partial charge in [-0.1, -0.05) is 0 Å². The number of carbonyl (C=O) groups is 4. The third kappa shape index (κ3) is 6.72. The highest BCUT2D eigenvalue weighted by atomic mass is 32.1. The lowest BCUT2D eigenvalue weighted by molar-refractivity contribution is -0.161. The van der Waals surface area contributed by atoms with Gasteiger partial charge in [0, 0.05) is 0 Å². The first kappa shape index (κ1) is 25.4. The zero-order valence-corrected chi connectivity index (χ0v) is 19.5. The third-order valence-electron chi connectivity index (χ3n) is 3.65. The van der Waals surface area contributed by atoms with Crippen molar-refractivity contribution in [2.45, 2.75) is 66.5 Å². The molecule has 1 heterocycles. The van der Waals surface area contributed by atoms with E-state index < -0.39 is 35.1 Å². The lowest BCUT2D eigenvalue weighted by atomic mass is 10.1. The highest BCUT2D eigenvalue weighted by molar-refractivity contribution is 7.18. The Kier molecular flexibility index (Phi) is 8.41. The van der Waals surface area contributed by atoms with Crippen LogP contribution < -0.4 is 10.6 Å². The fourth-order valence-electron chi connectivity index (χ4n) is 2.32. The Morgan fingerprint density at radius 2 is 1.47 bits per heavy atom. The summed E-state index contributed by atoms with van der Waals surface area (Å²) in [6, 6.07) is -0.743. The number of hydrogen-bond acceptors (Lipinski definition) is 8. The molecule has 30 heavy (non-hydrogen) atoms. The van der Waals surface area contributed by atoms with Crippen LogP contribution in [0.3, 0.4) is 0 Å². The van der Waals surface area contributed by atoms with Crippen molar-refractivity contribution in [2.75, 3.05) is 18.5 Å². The van der Waals surface area contributed by atoms with E-state index >= 15 is 0 Å². The van der Waals surface area contributed by atoms with Gasteiger partial charge in [0.05, 0.1) is 18.8 Å². The van der Waals surface area contributed by atoms with E-state index in [4.69, 9.17) is 14.2 Å². The molecule has 0 fully saturated rings. The Balaban J connectivity index is 3.14. The van der Waals surface area contributed by atoms with E-state index in [9.17, 15) is 19.2 Å². The molecule has 1 rings (SSSR count). The normalized spacial score (nSPS) is 11.5. The van der Waals surface area contributed by atoms with Crippen LogP contribution in [-0.4, -0.2) is 48.3 Å². The van der Waals surface area contributed by atoms with Gasteiger partial charge in [-0.05, 0) is 61.0 Å². The fraction of sp³-hybridized carbons (Fsp3) is 0.600. The third-order valence-corrected chi connectivity index (χ3v) is 4.84. The number of hydrogen-bond donors (Lipinski definition) is 2. The molecule has 0 aromatic carbocycles. The molecule has 0 bridgehead atoms. The SMILES string of the molecule is CCOC(=O)c1sc(NC(=O)NC(C)(C)C(=O)OC(C)(C)C)c(C(=O)OCC)c1C. The van der Waals surface area contributed by atoms with Gasteiger partial charge in [0.25, 0.3) is 0 Å². The molecule has 0 aliphatic rings. The van der Waals surface area contributed by atoms with Crippen molar-refractivity contribution >= 4 is 40.3 Å². The first-order valence-corrected chi connectivity index (χ1v) is 10.3. The van der Waals surface area contributed by atoms with Crippen LogP contribution in [0.25, 0.3) is 0 Å². The number of amides is 2. The summed E-state index contributed by atoms with van der Waals surface area (Å²) in [7, 11) is 0. The van der Waals surface area contributed by atoms with Crippen LogP contribution in [-0.2, 0) is 19.0 Å². The summed E-state index contributed by atoms with van der Waals surface area (Å²) in [5.41, 5.74) is -1.64. The molecule has 168 valence electrons. The molecular formula is C20H30N2O7S. The van der Waals surface area contributed by atoms with Crippen molar-refractivity contribution in [3.05, 3.63) is 16.0 Å². The average Bonchev–Trinajstić information content (AvgIpc) is 2.89. The second-order valence-corrected chi connectivity index (χ2v) is 8.93. The van der Waals surface area contributed by atoms with Crippen LogP contribution in [0.4, 0.5) is 9.80 Å². The quantitative estimate of drug-likeness (QED) is 0.488. The Morgan fingerprint density at radius 1 is 0.933 bits per heavy atom. The van der Waals surface area contributed by atoms with E-state index in [2.05, 4.69) is 10.6 Å². The van der Waals surface area contributed by atoms with Gasteiger partial charge in [0.15, 0.2) is 0 Å². The molecule has 0 radical (unpaired) electrons. The second kappa shape index (κ2) is 9.92. The van der Waals surface area contributed by atoms with Gasteiger partial charge in [-0.25, -0.2) is 19.2 Å². The molecule has 2 amide bonds. The van der Waals surface area contributed by atoms with Gasteiger partial charge < -0.3 is 19.5 Å². The van der Waals surface area contributed by atoms with Gasteiger partial charge >= 0.3 is 23.9 Å². The maximum atomic E-state index is 12.6. The highest BCUT2D eigenvalue weighted by Crippen LogP contribution is 2.34. The second-order valence-electron chi connectivity index (χ2n) is 7.91. The number of anilines is 1. The zero-order chi connectivity index (χ0) is 23.3. The standard InChI is InChI=1S/C20H30N2O7S/c1-9-27-15(23)12-11(3)13(16(24)28-10-2)30-14(12)21-18(26)22-20(7,8)17(25)29-19(4,5)6/h9-10H2,1-8H3,(H2,21,22,26). The minimum atomic E-state index is -1.34. The fourth-order valence-corrected chi connectivity index (χ4v) is 3.40. The zero-order valence-electron chi connectivity index (χ0n) is 18.7. The molecule has 1 aromatic rings. The van der Waals surface area contributed by atoms with E-state index in [0.29, 0.717) is 5.56 Å². The van der Waals surface area contributed by atoms with Crippen LogP contribution in [0.5, 0.6) is 0 Å². The van der Waals surface area contributed by atoms with Gasteiger partial charge in [-0.2, -0.15) is 0 Å². The predicted molar refractivity (Wildman–Crippen MR) is 113 cm³/mol. The summed E-state index contributed by atoms with van der Waals surface area (Å²) in [6.07, 6.45) is 0. The Morgan fingerprint density at radius 3 is 1.97 bits per heavy atom. The first-order chi connectivity index (χ1) is 13.7. The molecular weight excluding hydrogens is 412 g/mol. The molecule has 0 atom stereocenters. The molecule has 0 saturated heterocycles. The number of carbonyl (C=O) groups excluding carboxylic acids is 4. The largest absolute Gasteiger partial charge is 0.462 e. The van der Waals surface area contributed by atoms with Crippen LogP contribution >= 0.6 is 11.3 Å². The van der Waals surface area contributed by atoms with Crippen molar-refractivity contribution < 1.29 is 33.4 Å². The summed E-state index contributed by atoms with van der Waals surface area (Å²) in [6.45, 7) is 13.3. The number of thiophene rings is 1. The van der Waals surface area contributed by atoms with Crippen molar-refractivity contribution in [1.82, 2.24) is 5.32 Å². The molecule has 2 N–H and O–H groups in total. The summed E-state index contributed by atoms with van der Waals surface area (Å²) < 4.78 is 15.4. The number of urea groups is 1. The highest BCUT2D eigenvalue weighted by Gasteiger charge is 2.35. The summed E-state index contributed by atoms with van der Waals surface area (Å²) >= 11 is 0.898. The van der Waals surface area contributed by atoms with Gasteiger partial charge in [-0.3, -0.25) is 5.32 Å². The molecule has 9 nitrogen and oxygen atoms in total. The van der Waals surface area contributed by atoms with E-state index in [1.807, 2.05) is 0 Å². The average molecular weight is 443 g/mol. The summed E-state index contributed by atoms with van der Waals surface area (Å²) in [5.74, 6) is -1.90. The number of esters is 3. The van der Waals surface area contributed by atoms with E-state index in [1.165, 1.54) is 13.8 Å². The minimum Gasteiger partial charge on any atom is -0.462 e. The lowest BCUT2D eigenvalue weighted by Crippen LogP contribution is -2.53. The van der Waals surface area contributed by atoms with Crippen molar-refractivity contribution in [3.63, 3.8) is 0 Å². The van der Waals surface area contributed by atoms with Gasteiger partial charge in [0.1, 0.15) is 21.0 Å². The Labute approximate surface area is 180 Å². The predicted octanol–water partition coefficient (Wildman–Crippen LogP) is 3.65. The summed E-state index contributed by atoms with van der Waals surface area (Å²) in [5, 5.41) is 5.17. The van der Waals surface area contributed by atoms with Gasteiger partial charge in [-0.15, -0.1) is 11.3 Å². The monoisotopic (exact) mass is 442 g/mol. The van der Waals surface area contributed by atoms with E-state index in [0.717, 1.165) is 11.3 Å². The molecule has 0 aliphatic carbocycles. The maximum absolute atomic E-state index is 12.6. The molecule has 10 heteroatoms. The smallest absolute Gasteiger partial charge is 0.348 e. The lowest BCUT2D eigenvalue weighted by Gasteiger charge is -2.29.